The van der Waals surface area contributed by atoms with Crippen LogP contribution in [0, 0.1) is 0 Å². The molecule has 1 rings (SSSR count). The van der Waals surface area contributed by atoms with E-state index in [2.05, 4.69) is 39.7 Å². The van der Waals surface area contributed by atoms with Gasteiger partial charge in [0, 0.05) is 10.7 Å². The molecule has 1 atom stereocenters. The highest BCUT2D eigenvalue weighted by atomic mass is 79.9. The number of likely N-dealkylation sites (N-methyl/N-ethyl adjacent to an activating group) is 1. The quantitative estimate of drug-likeness (QED) is 0.836. The van der Waals surface area contributed by atoms with Crippen LogP contribution < -0.4 is 5.32 Å². The van der Waals surface area contributed by atoms with E-state index in [1.165, 1.54) is 0 Å². The molecule has 0 saturated heterocycles. The van der Waals surface area contributed by atoms with Gasteiger partial charge in [0.1, 0.15) is 0 Å². The lowest BCUT2D eigenvalue weighted by atomic mass is 10.1. The molecule has 0 aliphatic heterocycles. The summed E-state index contributed by atoms with van der Waals surface area (Å²) in [5.74, 6) is 0. The Morgan fingerprint density at radius 3 is 2.79 bits per heavy atom. The van der Waals surface area contributed by atoms with E-state index in [9.17, 15) is 0 Å². The summed E-state index contributed by atoms with van der Waals surface area (Å²) in [7, 11) is 0. The molecule has 1 aromatic heterocycles. The monoisotopic (exact) mass is 254 g/mol. The van der Waals surface area contributed by atoms with Crippen molar-refractivity contribution in [3.8, 4) is 0 Å². The summed E-state index contributed by atoms with van der Waals surface area (Å²) in [5.41, 5.74) is 2.10. The number of pyridine rings is 1. The lowest BCUT2D eigenvalue weighted by molar-refractivity contribution is 0.606. The number of rotatable bonds is 4. The Kier molecular flexibility index (Phi) is 4.29. The summed E-state index contributed by atoms with van der Waals surface area (Å²) in [6.45, 7) is 8.96. The van der Waals surface area contributed by atoms with Gasteiger partial charge in [-0.1, -0.05) is 19.1 Å². The first-order chi connectivity index (χ1) is 6.65. The third kappa shape index (κ3) is 2.93. The van der Waals surface area contributed by atoms with Gasteiger partial charge < -0.3 is 5.32 Å². The van der Waals surface area contributed by atoms with E-state index in [0.717, 1.165) is 22.3 Å². The molecule has 0 fully saturated rings. The number of hydrogen-bond acceptors (Lipinski definition) is 2. The molecule has 0 amide bonds. The van der Waals surface area contributed by atoms with E-state index >= 15 is 0 Å². The fourth-order valence-electron chi connectivity index (χ4n) is 1.29. The van der Waals surface area contributed by atoms with Gasteiger partial charge in [0.15, 0.2) is 0 Å². The van der Waals surface area contributed by atoms with Gasteiger partial charge in [-0.15, -0.1) is 0 Å². The topological polar surface area (TPSA) is 24.9 Å². The van der Waals surface area contributed by atoms with Gasteiger partial charge >= 0.3 is 0 Å². The highest BCUT2D eigenvalue weighted by molar-refractivity contribution is 9.10. The minimum atomic E-state index is 0.160. The number of halogens is 1. The molecule has 2 nitrogen and oxygen atoms in total. The highest BCUT2D eigenvalue weighted by Crippen LogP contribution is 2.19. The number of aromatic nitrogens is 1. The van der Waals surface area contributed by atoms with E-state index in [0.29, 0.717) is 0 Å². The van der Waals surface area contributed by atoms with Crippen molar-refractivity contribution in [1.29, 1.82) is 0 Å². The molecule has 0 spiro atoms. The minimum Gasteiger partial charge on any atom is -0.306 e. The third-order valence-corrected chi connectivity index (χ3v) is 2.42. The van der Waals surface area contributed by atoms with Crippen LogP contribution in [0.1, 0.15) is 25.6 Å². The van der Waals surface area contributed by atoms with E-state index in [4.69, 9.17) is 0 Å². The molecule has 0 radical (unpaired) electrons. The Morgan fingerprint density at radius 2 is 2.36 bits per heavy atom. The Morgan fingerprint density at radius 1 is 1.64 bits per heavy atom. The van der Waals surface area contributed by atoms with E-state index in [1.807, 2.05) is 25.3 Å². The minimum absolute atomic E-state index is 0.160. The average Bonchev–Trinajstić information content (AvgIpc) is 2.15. The van der Waals surface area contributed by atoms with Crippen molar-refractivity contribution in [1.82, 2.24) is 10.3 Å². The summed E-state index contributed by atoms with van der Waals surface area (Å²) >= 11 is 3.37. The smallest absolute Gasteiger partial charge is 0.0705 e. The van der Waals surface area contributed by atoms with E-state index in [-0.39, 0.29) is 6.04 Å². The molecule has 0 aliphatic rings. The van der Waals surface area contributed by atoms with E-state index < -0.39 is 0 Å². The standard InChI is InChI=1S/C11H15BrN2/c1-4-13-11(8(2)3)10-6-5-9(12)7-14-10/h5-7,11,13H,2,4H2,1,3H3. The predicted molar refractivity (Wildman–Crippen MR) is 63.2 cm³/mol. The first-order valence-corrected chi connectivity index (χ1v) is 5.44. The second-order valence-corrected chi connectivity index (χ2v) is 4.15. The normalized spacial score (nSPS) is 12.5. The molecule has 1 N–H and O–H groups in total. The summed E-state index contributed by atoms with van der Waals surface area (Å²) in [5, 5.41) is 3.34. The summed E-state index contributed by atoms with van der Waals surface area (Å²) in [6, 6.07) is 4.16. The van der Waals surface area contributed by atoms with Crippen molar-refractivity contribution < 1.29 is 0 Å². The largest absolute Gasteiger partial charge is 0.306 e. The Labute approximate surface area is 93.6 Å². The van der Waals surface area contributed by atoms with Crippen molar-refractivity contribution in [2.45, 2.75) is 19.9 Å². The number of hydrogen-bond donors (Lipinski definition) is 1. The Hall–Kier alpha value is -0.670. The van der Waals surface area contributed by atoms with Gasteiger partial charge in [-0.25, -0.2) is 0 Å². The SMILES string of the molecule is C=C(C)C(NCC)c1ccc(Br)cn1. The maximum absolute atomic E-state index is 4.35. The van der Waals surface area contributed by atoms with Crippen LogP contribution in [0.4, 0.5) is 0 Å². The van der Waals surface area contributed by atoms with Gasteiger partial charge in [-0.3, -0.25) is 4.98 Å². The summed E-state index contributed by atoms with van der Waals surface area (Å²) in [4.78, 5) is 4.35. The van der Waals surface area contributed by atoms with Crippen molar-refractivity contribution >= 4 is 15.9 Å². The zero-order valence-corrected chi connectivity index (χ0v) is 10.1. The molecule has 1 aromatic rings. The van der Waals surface area contributed by atoms with Crippen LogP contribution in [0.3, 0.4) is 0 Å². The molecule has 14 heavy (non-hydrogen) atoms. The van der Waals surface area contributed by atoms with Crippen molar-refractivity contribution in [2.75, 3.05) is 6.54 Å². The number of nitrogens with one attached hydrogen (secondary N) is 1. The molecule has 0 saturated carbocycles. The lowest BCUT2D eigenvalue weighted by Crippen LogP contribution is -2.22. The first kappa shape index (κ1) is 11.4. The second-order valence-electron chi connectivity index (χ2n) is 3.24. The molecule has 1 heterocycles. The molecular formula is C11H15BrN2. The van der Waals surface area contributed by atoms with E-state index in [1.54, 1.807) is 0 Å². The number of nitrogens with zero attached hydrogens (tertiary/aromatic N) is 1. The fourth-order valence-corrected chi connectivity index (χ4v) is 1.53. The summed E-state index contributed by atoms with van der Waals surface area (Å²) in [6.07, 6.45) is 1.81. The van der Waals surface area contributed by atoms with Crippen LogP contribution in [0.5, 0.6) is 0 Å². The van der Waals surface area contributed by atoms with Crippen molar-refractivity contribution in [2.24, 2.45) is 0 Å². The fraction of sp³-hybridized carbons (Fsp3) is 0.364. The van der Waals surface area contributed by atoms with Crippen LogP contribution in [0.25, 0.3) is 0 Å². The molecule has 0 aromatic carbocycles. The van der Waals surface area contributed by atoms with Gasteiger partial charge in [-0.05, 0) is 41.5 Å². The van der Waals surface area contributed by atoms with Crippen LogP contribution in [-0.4, -0.2) is 11.5 Å². The Bertz CT molecular complexity index is 306. The lowest BCUT2D eigenvalue weighted by Gasteiger charge is -2.17. The van der Waals surface area contributed by atoms with Gasteiger partial charge in [0.2, 0.25) is 0 Å². The maximum atomic E-state index is 4.35. The molecule has 1 unspecified atom stereocenters. The molecule has 76 valence electrons. The van der Waals surface area contributed by atoms with Gasteiger partial charge in [0.05, 0.1) is 11.7 Å². The third-order valence-electron chi connectivity index (χ3n) is 1.95. The zero-order valence-electron chi connectivity index (χ0n) is 8.55. The Balaban J connectivity index is 2.87. The average molecular weight is 255 g/mol. The molecular weight excluding hydrogens is 240 g/mol. The van der Waals surface area contributed by atoms with Gasteiger partial charge in [-0.2, -0.15) is 0 Å². The summed E-state index contributed by atoms with van der Waals surface area (Å²) < 4.78 is 0.998. The first-order valence-electron chi connectivity index (χ1n) is 4.65. The predicted octanol–water partition coefficient (Wildman–Crippen LogP) is 3.07. The maximum Gasteiger partial charge on any atom is 0.0705 e. The van der Waals surface area contributed by atoms with Crippen LogP contribution in [0.2, 0.25) is 0 Å². The van der Waals surface area contributed by atoms with Crippen LogP contribution >= 0.6 is 15.9 Å². The zero-order chi connectivity index (χ0) is 10.6. The second kappa shape index (κ2) is 5.27. The van der Waals surface area contributed by atoms with Crippen LogP contribution in [-0.2, 0) is 0 Å². The molecule has 0 bridgehead atoms. The highest BCUT2D eigenvalue weighted by Gasteiger charge is 2.11. The molecule has 0 aliphatic carbocycles. The van der Waals surface area contributed by atoms with Crippen molar-refractivity contribution in [3.05, 3.63) is 40.6 Å². The van der Waals surface area contributed by atoms with Gasteiger partial charge in [0.25, 0.3) is 0 Å². The molecule has 3 heteroatoms. The van der Waals surface area contributed by atoms with Crippen LogP contribution in [0.15, 0.2) is 35.0 Å². The van der Waals surface area contributed by atoms with Crippen molar-refractivity contribution in [3.63, 3.8) is 0 Å².